The number of nitrogens with zero attached hydrogens (tertiary/aromatic N) is 1. The van der Waals surface area contributed by atoms with Gasteiger partial charge >= 0.3 is 0 Å². The van der Waals surface area contributed by atoms with Crippen molar-refractivity contribution in [3.63, 3.8) is 0 Å². The van der Waals surface area contributed by atoms with Crippen LogP contribution < -0.4 is 0 Å². The van der Waals surface area contributed by atoms with Crippen LogP contribution in [0.25, 0.3) is 11.3 Å². The van der Waals surface area contributed by atoms with E-state index < -0.39 is 5.82 Å². The van der Waals surface area contributed by atoms with E-state index in [-0.39, 0.29) is 5.02 Å². The third-order valence-electron chi connectivity index (χ3n) is 2.29. The van der Waals surface area contributed by atoms with Crippen LogP contribution in [-0.2, 0) is 0 Å². The molecular formula is C11H8ClFN2S. The summed E-state index contributed by atoms with van der Waals surface area (Å²) in [5.41, 5.74) is 2.44. The van der Waals surface area contributed by atoms with E-state index in [0.29, 0.717) is 4.64 Å². The van der Waals surface area contributed by atoms with Gasteiger partial charge in [-0.15, -0.1) is 0 Å². The van der Waals surface area contributed by atoms with Crippen molar-refractivity contribution in [1.29, 1.82) is 0 Å². The molecule has 0 bridgehead atoms. The molecule has 0 spiro atoms. The minimum Gasteiger partial charge on any atom is -0.346 e. The van der Waals surface area contributed by atoms with Crippen molar-refractivity contribution < 1.29 is 4.39 Å². The van der Waals surface area contributed by atoms with Crippen molar-refractivity contribution in [2.45, 2.75) is 6.92 Å². The van der Waals surface area contributed by atoms with Gasteiger partial charge in [-0.1, -0.05) is 23.8 Å². The first-order valence-corrected chi connectivity index (χ1v) is 5.38. The summed E-state index contributed by atoms with van der Waals surface area (Å²) >= 11 is 10.8. The molecule has 5 heteroatoms. The lowest BCUT2D eigenvalue weighted by atomic mass is 10.1. The molecule has 0 amide bonds. The fourth-order valence-electron chi connectivity index (χ4n) is 1.42. The molecule has 0 aliphatic carbocycles. The van der Waals surface area contributed by atoms with Crippen LogP contribution in [0, 0.1) is 17.4 Å². The third kappa shape index (κ3) is 1.99. The molecule has 82 valence electrons. The van der Waals surface area contributed by atoms with E-state index in [4.69, 9.17) is 23.8 Å². The van der Waals surface area contributed by atoms with Crippen molar-refractivity contribution in [1.82, 2.24) is 9.97 Å². The van der Waals surface area contributed by atoms with Gasteiger partial charge in [-0.3, -0.25) is 0 Å². The number of halogens is 2. The molecule has 16 heavy (non-hydrogen) atoms. The van der Waals surface area contributed by atoms with Crippen LogP contribution in [0.5, 0.6) is 0 Å². The number of hydrogen-bond acceptors (Lipinski definition) is 2. The standard InChI is InChI=1S/C11H8ClFN2S/c1-6-10(14-5-15-11(6)16)7-2-3-9(13)8(12)4-7/h2-5H,1H3,(H,14,15,16). The summed E-state index contributed by atoms with van der Waals surface area (Å²) in [7, 11) is 0. The lowest BCUT2D eigenvalue weighted by molar-refractivity contribution is 0.628. The molecule has 0 aliphatic rings. The van der Waals surface area contributed by atoms with Gasteiger partial charge in [0, 0.05) is 11.1 Å². The maximum atomic E-state index is 13.0. The number of H-pyrrole nitrogens is 1. The third-order valence-corrected chi connectivity index (χ3v) is 3.00. The van der Waals surface area contributed by atoms with E-state index in [9.17, 15) is 4.39 Å². The summed E-state index contributed by atoms with van der Waals surface area (Å²) in [6, 6.07) is 4.54. The summed E-state index contributed by atoms with van der Waals surface area (Å²) in [5.74, 6) is -0.435. The Morgan fingerprint density at radius 3 is 2.88 bits per heavy atom. The van der Waals surface area contributed by atoms with Crippen molar-refractivity contribution in [3.8, 4) is 11.3 Å². The lowest BCUT2D eigenvalue weighted by Crippen LogP contribution is -1.92. The Morgan fingerprint density at radius 1 is 1.44 bits per heavy atom. The normalized spacial score (nSPS) is 10.4. The highest BCUT2D eigenvalue weighted by molar-refractivity contribution is 7.71. The first-order chi connectivity index (χ1) is 7.59. The number of aromatic amines is 1. The van der Waals surface area contributed by atoms with Gasteiger partial charge in [-0.2, -0.15) is 0 Å². The Morgan fingerprint density at radius 2 is 2.19 bits per heavy atom. The smallest absolute Gasteiger partial charge is 0.141 e. The fourth-order valence-corrected chi connectivity index (χ4v) is 1.75. The van der Waals surface area contributed by atoms with Gasteiger partial charge in [0.15, 0.2) is 0 Å². The monoisotopic (exact) mass is 254 g/mol. The molecule has 1 N–H and O–H groups in total. The molecule has 1 heterocycles. The zero-order valence-electron chi connectivity index (χ0n) is 8.42. The molecule has 0 unspecified atom stereocenters. The minimum absolute atomic E-state index is 0.0908. The second kappa shape index (κ2) is 4.31. The first kappa shape index (κ1) is 11.2. The molecular weight excluding hydrogens is 247 g/mol. The Bertz CT molecular complexity index is 595. The van der Waals surface area contributed by atoms with Crippen LogP contribution >= 0.6 is 23.8 Å². The van der Waals surface area contributed by atoms with E-state index in [1.165, 1.54) is 12.4 Å². The maximum absolute atomic E-state index is 13.0. The van der Waals surface area contributed by atoms with Crippen LogP contribution in [0.1, 0.15) is 5.56 Å². The van der Waals surface area contributed by atoms with Crippen LogP contribution in [0.15, 0.2) is 24.5 Å². The minimum atomic E-state index is -0.435. The van der Waals surface area contributed by atoms with Crippen molar-refractivity contribution in [2.24, 2.45) is 0 Å². The summed E-state index contributed by atoms with van der Waals surface area (Å²) in [5, 5.41) is 0.0908. The van der Waals surface area contributed by atoms with Gasteiger partial charge in [-0.25, -0.2) is 9.37 Å². The average molecular weight is 255 g/mol. The first-order valence-electron chi connectivity index (χ1n) is 4.59. The summed E-state index contributed by atoms with van der Waals surface area (Å²) in [4.78, 5) is 6.94. The Labute approximate surface area is 102 Å². The summed E-state index contributed by atoms with van der Waals surface area (Å²) in [6.45, 7) is 1.86. The largest absolute Gasteiger partial charge is 0.346 e. The molecule has 0 atom stereocenters. The highest BCUT2D eigenvalue weighted by atomic mass is 35.5. The second-order valence-corrected chi connectivity index (χ2v) is 4.13. The molecule has 0 aliphatic heterocycles. The van der Waals surface area contributed by atoms with E-state index in [1.54, 1.807) is 12.1 Å². The van der Waals surface area contributed by atoms with Crippen LogP contribution in [-0.4, -0.2) is 9.97 Å². The van der Waals surface area contributed by atoms with Gasteiger partial charge in [0.25, 0.3) is 0 Å². The zero-order valence-corrected chi connectivity index (χ0v) is 9.99. The average Bonchev–Trinajstić information content (AvgIpc) is 2.26. The number of aromatic nitrogens is 2. The van der Waals surface area contributed by atoms with Gasteiger partial charge in [-0.05, 0) is 25.1 Å². The van der Waals surface area contributed by atoms with Gasteiger partial charge in [0.05, 0.1) is 17.0 Å². The summed E-state index contributed by atoms with van der Waals surface area (Å²) < 4.78 is 13.5. The Balaban J connectivity index is 2.63. The molecule has 0 saturated heterocycles. The van der Waals surface area contributed by atoms with Crippen molar-refractivity contribution in [2.75, 3.05) is 0 Å². The Hall–Kier alpha value is -1.26. The van der Waals surface area contributed by atoms with E-state index in [0.717, 1.165) is 16.8 Å². The van der Waals surface area contributed by atoms with E-state index in [1.807, 2.05) is 6.92 Å². The predicted molar refractivity (Wildman–Crippen MR) is 64.6 cm³/mol. The molecule has 0 saturated carbocycles. The number of benzene rings is 1. The predicted octanol–water partition coefficient (Wildman–Crippen LogP) is 3.91. The van der Waals surface area contributed by atoms with Crippen LogP contribution in [0.3, 0.4) is 0 Å². The van der Waals surface area contributed by atoms with Crippen molar-refractivity contribution in [3.05, 3.63) is 45.6 Å². The van der Waals surface area contributed by atoms with E-state index >= 15 is 0 Å². The Kier molecular flexibility index (Phi) is 3.03. The second-order valence-electron chi connectivity index (χ2n) is 3.34. The van der Waals surface area contributed by atoms with Crippen molar-refractivity contribution >= 4 is 23.8 Å². The van der Waals surface area contributed by atoms with Gasteiger partial charge in [0.1, 0.15) is 10.5 Å². The molecule has 2 aromatic rings. The lowest BCUT2D eigenvalue weighted by Gasteiger charge is -2.06. The van der Waals surface area contributed by atoms with Crippen LogP contribution in [0.4, 0.5) is 4.39 Å². The fraction of sp³-hybridized carbons (Fsp3) is 0.0909. The van der Waals surface area contributed by atoms with Gasteiger partial charge in [0.2, 0.25) is 0 Å². The molecule has 2 rings (SSSR count). The molecule has 0 radical (unpaired) electrons. The summed E-state index contributed by atoms with van der Waals surface area (Å²) in [6.07, 6.45) is 1.52. The molecule has 1 aromatic heterocycles. The number of hydrogen-bond donors (Lipinski definition) is 1. The molecule has 0 fully saturated rings. The quantitative estimate of drug-likeness (QED) is 0.782. The molecule has 1 aromatic carbocycles. The van der Waals surface area contributed by atoms with E-state index in [2.05, 4.69) is 9.97 Å². The number of nitrogens with one attached hydrogen (secondary N) is 1. The topological polar surface area (TPSA) is 28.7 Å². The SMILES string of the molecule is Cc1c(-c2ccc(F)c(Cl)c2)[nH]cnc1=S. The van der Waals surface area contributed by atoms with Gasteiger partial charge < -0.3 is 4.98 Å². The van der Waals surface area contributed by atoms with Crippen LogP contribution in [0.2, 0.25) is 5.02 Å². The zero-order chi connectivity index (χ0) is 11.7. The molecule has 2 nitrogen and oxygen atoms in total. The number of rotatable bonds is 1. The maximum Gasteiger partial charge on any atom is 0.141 e. The highest BCUT2D eigenvalue weighted by Gasteiger charge is 2.06. The highest BCUT2D eigenvalue weighted by Crippen LogP contribution is 2.25.